The summed E-state index contributed by atoms with van der Waals surface area (Å²) in [7, 11) is 0. The Morgan fingerprint density at radius 1 is 1.50 bits per heavy atom. The van der Waals surface area contributed by atoms with Crippen LogP contribution in [0, 0.1) is 17.2 Å². The van der Waals surface area contributed by atoms with Crippen LogP contribution in [0.15, 0.2) is 11.6 Å². The van der Waals surface area contributed by atoms with Gasteiger partial charge in [-0.1, -0.05) is 25.3 Å². The van der Waals surface area contributed by atoms with Gasteiger partial charge in [-0.25, -0.2) is 0 Å². The molecule has 1 fully saturated rings. The van der Waals surface area contributed by atoms with Gasteiger partial charge in [-0.05, 0) is 32.1 Å². The van der Waals surface area contributed by atoms with Gasteiger partial charge in [0.2, 0.25) is 0 Å². The first-order valence-electron chi connectivity index (χ1n) is 5.49. The molecule has 0 heterocycles. The maximum absolute atomic E-state index is 9.86. The van der Waals surface area contributed by atoms with Crippen molar-refractivity contribution in [3.8, 4) is 6.07 Å². The van der Waals surface area contributed by atoms with E-state index < -0.39 is 0 Å². The van der Waals surface area contributed by atoms with Crippen LogP contribution >= 0.6 is 0 Å². The van der Waals surface area contributed by atoms with Crippen molar-refractivity contribution in [2.24, 2.45) is 5.92 Å². The highest BCUT2D eigenvalue weighted by Crippen LogP contribution is 2.27. The molecule has 1 aliphatic carbocycles. The first-order valence-corrected chi connectivity index (χ1v) is 5.49. The monoisotopic (exact) mass is 193 g/mol. The Morgan fingerprint density at radius 3 is 2.71 bits per heavy atom. The fraction of sp³-hybridized carbons (Fsp3) is 0.750. The van der Waals surface area contributed by atoms with Crippen LogP contribution < -0.4 is 0 Å². The topological polar surface area (TPSA) is 44.0 Å². The number of rotatable bonds is 3. The SMILES string of the molecule is C/C(C#N)=C\C[C@@H](O)C1CCCCC1. The molecule has 2 heteroatoms. The molecule has 0 radical (unpaired) electrons. The highest BCUT2D eigenvalue weighted by molar-refractivity contribution is 5.17. The van der Waals surface area contributed by atoms with Gasteiger partial charge >= 0.3 is 0 Å². The number of aliphatic hydroxyl groups is 1. The minimum Gasteiger partial charge on any atom is -0.393 e. The molecular weight excluding hydrogens is 174 g/mol. The van der Waals surface area contributed by atoms with Crippen LogP contribution in [0.4, 0.5) is 0 Å². The lowest BCUT2D eigenvalue weighted by molar-refractivity contribution is 0.0873. The molecule has 0 aromatic rings. The molecule has 0 saturated heterocycles. The van der Waals surface area contributed by atoms with Crippen molar-refractivity contribution in [1.82, 2.24) is 0 Å². The summed E-state index contributed by atoms with van der Waals surface area (Å²) in [6.45, 7) is 1.79. The number of hydrogen-bond acceptors (Lipinski definition) is 2. The summed E-state index contributed by atoms with van der Waals surface area (Å²) in [6.07, 6.45) is 8.38. The molecule has 0 amide bonds. The molecule has 0 bridgehead atoms. The van der Waals surface area contributed by atoms with Crippen molar-refractivity contribution in [3.05, 3.63) is 11.6 Å². The van der Waals surface area contributed by atoms with E-state index in [9.17, 15) is 5.11 Å². The summed E-state index contributed by atoms with van der Waals surface area (Å²) in [6, 6.07) is 2.07. The van der Waals surface area contributed by atoms with Gasteiger partial charge in [0.05, 0.1) is 12.2 Å². The molecule has 1 N–H and O–H groups in total. The number of allylic oxidation sites excluding steroid dienone is 1. The molecule has 0 aliphatic heterocycles. The standard InChI is InChI=1S/C12H19NO/c1-10(9-13)7-8-12(14)11-5-3-2-4-6-11/h7,11-12,14H,2-6,8H2,1H3/b10-7+/t12-/m1/s1. The van der Waals surface area contributed by atoms with Crippen LogP contribution in [0.5, 0.6) is 0 Å². The minimum atomic E-state index is -0.237. The molecular formula is C12H19NO. The van der Waals surface area contributed by atoms with Gasteiger partial charge in [0.1, 0.15) is 0 Å². The van der Waals surface area contributed by atoms with Gasteiger partial charge in [0, 0.05) is 5.57 Å². The molecule has 0 unspecified atom stereocenters. The summed E-state index contributed by atoms with van der Waals surface area (Å²) in [5, 5.41) is 18.4. The van der Waals surface area contributed by atoms with E-state index in [4.69, 9.17) is 5.26 Å². The van der Waals surface area contributed by atoms with E-state index in [1.807, 2.05) is 6.08 Å². The average molecular weight is 193 g/mol. The second-order valence-corrected chi connectivity index (χ2v) is 4.20. The number of aliphatic hydroxyl groups excluding tert-OH is 1. The molecule has 0 spiro atoms. The molecule has 1 saturated carbocycles. The predicted molar refractivity (Wildman–Crippen MR) is 56.6 cm³/mol. The quantitative estimate of drug-likeness (QED) is 0.700. The predicted octanol–water partition coefficient (Wildman–Crippen LogP) is 2.79. The van der Waals surface area contributed by atoms with Crippen LogP contribution in [-0.2, 0) is 0 Å². The van der Waals surface area contributed by atoms with Crippen LogP contribution in [0.3, 0.4) is 0 Å². The summed E-state index contributed by atoms with van der Waals surface area (Å²) < 4.78 is 0. The van der Waals surface area contributed by atoms with Crippen molar-refractivity contribution >= 4 is 0 Å². The smallest absolute Gasteiger partial charge is 0.0940 e. The van der Waals surface area contributed by atoms with Crippen LogP contribution in [0.1, 0.15) is 45.4 Å². The van der Waals surface area contributed by atoms with Gasteiger partial charge in [0.25, 0.3) is 0 Å². The Hall–Kier alpha value is -0.810. The normalized spacial score (nSPS) is 21.6. The third-order valence-electron chi connectivity index (χ3n) is 3.04. The van der Waals surface area contributed by atoms with Crippen molar-refractivity contribution in [3.63, 3.8) is 0 Å². The number of nitrogens with zero attached hydrogens (tertiary/aromatic N) is 1. The average Bonchev–Trinajstić information content (AvgIpc) is 2.26. The fourth-order valence-electron chi connectivity index (χ4n) is 2.05. The third-order valence-corrected chi connectivity index (χ3v) is 3.04. The third kappa shape index (κ3) is 3.51. The first kappa shape index (κ1) is 11.3. The van der Waals surface area contributed by atoms with E-state index in [1.165, 1.54) is 19.3 Å². The van der Waals surface area contributed by atoms with Gasteiger partial charge in [0.15, 0.2) is 0 Å². The summed E-state index contributed by atoms with van der Waals surface area (Å²) >= 11 is 0. The number of hydrogen-bond donors (Lipinski definition) is 1. The zero-order valence-corrected chi connectivity index (χ0v) is 8.87. The van der Waals surface area contributed by atoms with Gasteiger partial charge in [-0.3, -0.25) is 0 Å². The zero-order chi connectivity index (χ0) is 10.4. The Labute approximate surface area is 86.2 Å². The Balaban J connectivity index is 2.34. The Morgan fingerprint density at radius 2 is 2.14 bits per heavy atom. The Kier molecular flexibility index (Phi) is 4.69. The zero-order valence-electron chi connectivity index (χ0n) is 8.87. The van der Waals surface area contributed by atoms with E-state index in [2.05, 4.69) is 6.07 Å². The van der Waals surface area contributed by atoms with Gasteiger partial charge in [-0.2, -0.15) is 5.26 Å². The van der Waals surface area contributed by atoms with E-state index in [0.717, 1.165) is 12.8 Å². The highest BCUT2D eigenvalue weighted by Gasteiger charge is 2.20. The lowest BCUT2D eigenvalue weighted by atomic mass is 9.84. The van der Waals surface area contributed by atoms with E-state index in [1.54, 1.807) is 6.92 Å². The van der Waals surface area contributed by atoms with E-state index >= 15 is 0 Å². The molecule has 78 valence electrons. The van der Waals surface area contributed by atoms with Crippen molar-refractivity contribution < 1.29 is 5.11 Å². The van der Waals surface area contributed by atoms with E-state index in [-0.39, 0.29) is 6.10 Å². The minimum absolute atomic E-state index is 0.237. The van der Waals surface area contributed by atoms with Crippen molar-refractivity contribution in [2.45, 2.75) is 51.6 Å². The maximum atomic E-state index is 9.86. The lowest BCUT2D eigenvalue weighted by Crippen LogP contribution is -2.22. The fourth-order valence-corrected chi connectivity index (χ4v) is 2.05. The van der Waals surface area contributed by atoms with Crippen molar-refractivity contribution in [1.29, 1.82) is 5.26 Å². The second-order valence-electron chi connectivity index (χ2n) is 4.20. The summed E-state index contributed by atoms with van der Waals surface area (Å²) in [5.74, 6) is 0.464. The highest BCUT2D eigenvalue weighted by atomic mass is 16.3. The largest absolute Gasteiger partial charge is 0.393 e. The lowest BCUT2D eigenvalue weighted by Gasteiger charge is -2.25. The van der Waals surface area contributed by atoms with Crippen LogP contribution in [0.2, 0.25) is 0 Å². The molecule has 1 rings (SSSR count). The maximum Gasteiger partial charge on any atom is 0.0940 e. The van der Waals surface area contributed by atoms with Gasteiger partial charge in [-0.15, -0.1) is 0 Å². The molecule has 1 aliphatic rings. The molecule has 0 aromatic heterocycles. The molecule has 0 aromatic carbocycles. The Bertz CT molecular complexity index is 233. The summed E-state index contributed by atoms with van der Waals surface area (Å²) in [4.78, 5) is 0. The second kappa shape index (κ2) is 5.82. The van der Waals surface area contributed by atoms with Crippen LogP contribution in [-0.4, -0.2) is 11.2 Å². The van der Waals surface area contributed by atoms with E-state index in [0.29, 0.717) is 17.9 Å². The molecule has 2 nitrogen and oxygen atoms in total. The molecule has 1 atom stereocenters. The van der Waals surface area contributed by atoms with Crippen molar-refractivity contribution in [2.75, 3.05) is 0 Å². The van der Waals surface area contributed by atoms with Gasteiger partial charge < -0.3 is 5.11 Å². The summed E-state index contributed by atoms with van der Waals surface area (Å²) in [5.41, 5.74) is 0.708. The molecule has 14 heavy (non-hydrogen) atoms. The number of nitriles is 1. The van der Waals surface area contributed by atoms with Crippen LogP contribution in [0.25, 0.3) is 0 Å². The first-order chi connectivity index (χ1) is 6.74.